The maximum Gasteiger partial charge on any atom is 0.392 e. The molecule has 0 unspecified atom stereocenters. The number of aromatic nitrogens is 1. The number of hydrogen-bond acceptors (Lipinski definition) is 6. The minimum atomic E-state index is -4.45. The lowest BCUT2D eigenvalue weighted by molar-refractivity contribution is -0.140. The van der Waals surface area contributed by atoms with Gasteiger partial charge in [0.15, 0.2) is 11.4 Å². The lowest BCUT2D eigenvalue weighted by Crippen LogP contribution is -2.13. The molecule has 1 saturated carbocycles. The first-order valence-corrected chi connectivity index (χ1v) is 11.6. The van der Waals surface area contributed by atoms with E-state index < -0.39 is 31.0 Å². The van der Waals surface area contributed by atoms with Crippen molar-refractivity contribution in [1.82, 2.24) is 5.16 Å². The quantitative estimate of drug-likeness (QED) is 0.255. The Morgan fingerprint density at radius 3 is 2.58 bits per heavy atom. The standard InChI is InChI=1S/C26H25F4NO6.H2S/c1-34-17-7-8-21(27)20(12-17)24-25(35-10-9-26(28,29)30)22(31-37-24)14-36-18-4-2-3-16(11-18)19(13-23(32)33)15-5-6-15;/h2-4,7-8,11-12,15,19H,5-6,9-10,13-14H2,1H3,(H,32,33);1H2/t19-;/m0./s1. The number of ether oxygens (including phenoxy) is 3. The summed E-state index contributed by atoms with van der Waals surface area (Å²) in [5.41, 5.74) is 0.764. The molecule has 7 nitrogen and oxygen atoms in total. The van der Waals surface area contributed by atoms with Gasteiger partial charge < -0.3 is 23.8 Å². The second-order valence-electron chi connectivity index (χ2n) is 8.75. The second-order valence-corrected chi connectivity index (χ2v) is 8.75. The van der Waals surface area contributed by atoms with Crippen LogP contribution in [0.2, 0.25) is 0 Å². The Morgan fingerprint density at radius 1 is 1.16 bits per heavy atom. The summed E-state index contributed by atoms with van der Waals surface area (Å²) in [4.78, 5) is 11.3. The third-order valence-electron chi connectivity index (χ3n) is 6.01. The van der Waals surface area contributed by atoms with Crippen LogP contribution in [0.5, 0.6) is 17.2 Å². The smallest absolute Gasteiger partial charge is 0.392 e. The first-order valence-electron chi connectivity index (χ1n) is 11.6. The van der Waals surface area contributed by atoms with E-state index in [1.807, 2.05) is 6.07 Å². The first kappa shape index (κ1) is 29.2. The molecule has 0 bridgehead atoms. The molecule has 1 aliphatic carbocycles. The van der Waals surface area contributed by atoms with Crippen LogP contribution in [-0.4, -0.2) is 36.1 Å². The number of carbonyl (C=O) groups is 1. The van der Waals surface area contributed by atoms with E-state index in [0.717, 1.165) is 24.5 Å². The van der Waals surface area contributed by atoms with Gasteiger partial charge in [-0.1, -0.05) is 17.3 Å². The molecule has 0 saturated heterocycles. The van der Waals surface area contributed by atoms with Gasteiger partial charge in [-0.15, -0.1) is 0 Å². The molecule has 1 aromatic heterocycles. The molecule has 0 spiro atoms. The van der Waals surface area contributed by atoms with E-state index in [-0.39, 0.29) is 55.2 Å². The summed E-state index contributed by atoms with van der Waals surface area (Å²) in [6.07, 6.45) is -3.76. The van der Waals surface area contributed by atoms with Gasteiger partial charge in [-0.2, -0.15) is 26.7 Å². The highest BCUT2D eigenvalue weighted by Crippen LogP contribution is 2.45. The highest BCUT2D eigenvalue weighted by Gasteiger charge is 2.34. The van der Waals surface area contributed by atoms with Gasteiger partial charge in [-0.25, -0.2) is 4.39 Å². The van der Waals surface area contributed by atoms with Crippen molar-refractivity contribution in [3.63, 3.8) is 0 Å². The summed E-state index contributed by atoms with van der Waals surface area (Å²) >= 11 is 0. The van der Waals surface area contributed by atoms with E-state index in [4.69, 9.17) is 18.7 Å². The van der Waals surface area contributed by atoms with Gasteiger partial charge in [-0.05, 0) is 60.6 Å². The number of carboxylic acids is 1. The summed E-state index contributed by atoms with van der Waals surface area (Å²) in [6.45, 7) is -0.975. The normalized spacial score (nSPS) is 13.9. The van der Waals surface area contributed by atoms with Gasteiger partial charge in [0.05, 0.1) is 32.1 Å². The van der Waals surface area contributed by atoms with Crippen LogP contribution in [0, 0.1) is 11.7 Å². The lowest BCUT2D eigenvalue weighted by Gasteiger charge is -2.16. The summed E-state index contributed by atoms with van der Waals surface area (Å²) in [7, 11) is 1.38. The SMILES string of the molecule is COc1ccc(F)c(-c2onc(COc3cccc([C@@H](CC(=O)O)C4CC4)c3)c2OCCC(F)(F)F)c1.S. The Balaban J connectivity index is 0.00000400. The molecule has 12 heteroatoms. The van der Waals surface area contributed by atoms with Crippen molar-refractivity contribution in [2.24, 2.45) is 5.92 Å². The molecule has 3 aromatic rings. The Hall–Kier alpha value is -3.41. The maximum absolute atomic E-state index is 14.6. The molecule has 2 aromatic carbocycles. The zero-order chi connectivity index (χ0) is 26.6. The van der Waals surface area contributed by atoms with Gasteiger partial charge in [0, 0.05) is 0 Å². The van der Waals surface area contributed by atoms with E-state index in [1.165, 1.54) is 19.2 Å². The van der Waals surface area contributed by atoms with Gasteiger partial charge >= 0.3 is 12.1 Å². The minimum absolute atomic E-state index is 0. The highest BCUT2D eigenvalue weighted by atomic mass is 32.1. The predicted molar refractivity (Wildman–Crippen MR) is 133 cm³/mol. The van der Waals surface area contributed by atoms with Crippen molar-refractivity contribution in [3.8, 4) is 28.6 Å². The first-order chi connectivity index (χ1) is 17.6. The Bertz CT molecular complexity index is 1240. The Labute approximate surface area is 223 Å². The molecule has 1 aliphatic rings. The fourth-order valence-corrected chi connectivity index (χ4v) is 4.03. The molecule has 1 atom stereocenters. The van der Waals surface area contributed by atoms with Crippen LogP contribution in [0.4, 0.5) is 17.6 Å². The molecule has 0 amide bonds. The van der Waals surface area contributed by atoms with Crippen LogP contribution in [-0.2, 0) is 11.4 Å². The van der Waals surface area contributed by atoms with Gasteiger partial charge in [0.2, 0.25) is 5.76 Å². The summed E-state index contributed by atoms with van der Waals surface area (Å²) in [6, 6.07) is 10.8. The van der Waals surface area contributed by atoms with Crippen LogP contribution < -0.4 is 14.2 Å². The van der Waals surface area contributed by atoms with E-state index in [2.05, 4.69) is 5.16 Å². The minimum Gasteiger partial charge on any atom is -0.497 e. The third kappa shape index (κ3) is 7.56. The van der Waals surface area contributed by atoms with Crippen molar-refractivity contribution in [1.29, 1.82) is 0 Å². The van der Waals surface area contributed by atoms with Crippen LogP contribution >= 0.6 is 13.5 Å². The fourth-order valence-electron chi connectivity index (χ4n) is 4.03. The van der Waals surface area contributed by atoms with Crippen molar-refractivity contribution in [3.05, 3.63) is 59.5 Å². The number of nitrogens with zero attached hydrogens (tertiary/aromatic N) is 1. The molecule has 1 N–H and O–H groups in total. The monoisotopic (exact) mass is 557 g/mol. The largest absolute Gasteiger partial charge is 0.497 e. The lowest BCUT2D eigenvalue weighted by atomic mass is 9.91. The van der Waals surface area contributed by atoms with Gasteiger partial charge in [0.25, 0.3) is 0 Å². The van der Waals surface area contributed by atoms with Gasteiger partial charge in [0.1, 0.15) is 23.9 Å². The number of benzene rings is 2. The number of carboxylic acid groups (broad SMARTS) is 1. The Kier molecular flexibility index (Phi) is 9.53. The van der Waals surface area contributed by atoms with Crippen molar-refractivity contribution >= 4 is 19.5 Å². The second kappa shape index (κ2) is 12.4. The van der Waals surface area contributed by atoms with Crippen LogP contribution in [0.25, 0.3) is 11.3 Å². The average molecular weight is 558 g/mol. The molecular formula is C26H27F4NO6S. The molecule has 38 heavy (non-hydrogen) atoms. The summed E-state index contributed by atoms with van der Waals surface area (Å²) in [5.74, 6) is -1.09. The highest BCUT2D eigenvalue weighted by molar-refractivity contribution is 7.59. The number of alkyl halides is 3. The van der Waals surface area contributed by atoms with Crippen LogP contribution in [0.3, 0.4) is 0 Å². The predicted octanol–water partition coefficient (Wildman–Crippen LogP) is 6.48. The molecule has 1 heterocycles. The van der Waals surface area contributed by atoms with Crippen LogP contribution in [0.15, 0.2) is 47.0 Å². The van der Waals surface area contributed by atoms with Crippen molar-refractivity contribution < 1.29 is 46.2 Å². The molecule has 0 radical (unpaired) electrons. The summed E-state index contributed by atoms with van der Waals surface area (Å²) in [5, 5.41) is 13.1. The topological polar surface area (TPSA) is 91.0 Å². The molecule has 1 fully saturated rings. The number of aliphatic carboxylic acids is 1. The number of halogens is 4. The third-order valence-corrected chi connectivity index (χ3v) is 6.01. The number of methoxy groups -OCH3 is 1. The van der Waals surface area contributed by atoms with E-state index >= 15 is 0 Å². The maximum atomic E-state index is 14.6. The molecule has 206 valence electrons. The fraction of sp³-hybridized carbons (Fsp3) is 0.385. The van der Waals surface area contributed by atoms with E-state index in [1.54, 1.807) is 18.2 Å². The number of hydrogen-bond donors (Lipinski definition) is 1. The zero-order valence-corrected chi connectivity index (χ0v) is 21.4. The van der Waals surface area contributed by atoms with E-state index in [9.17, 15) is 27.5 Å². The van der Waals surface area contributed by atoms with Crippen molar-refractivity contribution in [2.75, 3.05) is 13.7 Å². The molecule has 0 aliphatic heterocycles. The van der Waals surface area contributed by atoms with E-state index in [0.29, 0.717) is 17.4 Å². The number of rotatable bonds is 12. The summed E-state index contributed by atoms with van der Waals surface area (Å²) < 4.78 is 74.3. The van der Waals surface area contributed by atoms with Crippen molar-refractivity contribution in [2.45, 2.75) is 44.4 Å². The zero-order valence-electron chi connectivity index (χ0n) is 20.4. The molecular weight excluding hydrogens is 530 g/mol. The van der Waals surface area contributed by atoms with Gasteiger partial charge in [-0.3, -0.25) is 4.79 Å². The van der Waals surface area contributed by atoms with Crippen LogP contribution in [0.1, 0.15) is 42.9 Å². The Morgan fingerprint density at radius 2 is 1.92 bits per heavy atom. The average Bonchev–Trinajstić information content (AvgIpc) is 3.62. The molecule has 4 rings (SSSR count).